The first-order valence-corrected chi connectivity index (χ1v) is 6.55. The van der Waals surface area contributed by atoms with Crippen molar-refractivity contribution in [1.29, 1.82) is 0 Å². The number of aryl methyl sites for hydroxylation is 1. The Hall–Kier alpha value is -2.16. The maximum absolute atomic E-state index is 12.6. The summed E-state index contributed by atoms with van der Waals surface area (Å²) in [6.07, 6.45) is 2.52. The summed E-state index contributed by atoms with van der Waals surface area (Å²) in [7, 11) is 0. The van der Waals surface area contributed by atoms with E-state index in [1.54, 1.807) is 6.20 Å². The molecule has 0 radical (unpaired) electrons. The number of aromatic nitrogens is 1. The van der Waals surface area contributed by atoms with Gasteiger partial charge in [-0.15, -0.1) is 0 Å². The van der Waals surface area contributed by atoms with E-state index in [-0.39, 0.29) is 11.7 Å². The van der Waals surface area contributed by atoms with Crippen molar-refractivity contribution in [2.45, 2.75) is 19.3 Å². The standard InChI is InChI=1S/C16H16N2O/c1-11-6-7-12(10-18-11)16(19)14-8-9-17-15-5-3-2-4-13(14)15/h2-7,10,14,17H,8-9H2,1H3. The van der Waals surface area contributed by atoms with E-state index in [4.69, 9.17) is 0 Å². The number of ketones is 1. The zero-order valence-corrected chi connectivity index (χ0v) is 10.9. The number of Topliss-reactive ketones (excluding diaryl/α,β-unsaturated/α-hetero) is 1. The van der Waals surface area contributed by atoms with Crippen LogP contribution in [0.1, 0.15) is 34.0 Å². The van der Waals surface area contributed by atoms with Gasteiger partial charge < -0.3 is 5.32 Å². The smallest absolute Gasteiger partial charge is 0.172 e. The number of nitrogens with one attached hydrogen (secondary N) is 1. The first-order chi connectivity index (χ1) is 9.25. The van der Waals surface area contributed by atoms with E-state index in [2.05, 4.69) is 10.3 Å². The summed E-state index contributed by atoms with van der Waals surface area (Å²) in [5.74, 6) is 0.114. The van der Waals surface area contributed by atoms with Crippen molar-refractivity contribution >= 4 is 11.5 Å². The predicted molar refractivity (Wildman–Crippen MR) is 75.6 cm³/mol. The van der Waals surface area contributed by atoms with E-state index in [1.807, 2.05) is 43.3 Å². The lowest BCUT2D eigenvalue weighted by Crippen LogP contribution is -2.23. The van der Waals surface area contributed by atoms with Crippen molar-refractivity contribution in [2.75, 3.05) is 11.9 Å². The molecule has 0 saturated heterocycles. The molecule has 3 nitrogen and oxygen atoms in total. The molecule has 1 N–H and O–H groups in total. The topological polar surface area (TPSA) is 42.0 Å². The van der Waals surface area contributed by atoms with Crippen LogP contribution in [0.15, 0.2) is 42.6 Å². The van der Waals surface area contributed by atoms with Crippen LogP contribution in [0, 0.1) is 6.92 Å². The van der Waals surface area contributed by atoms with Crippen molar-refractivity contribution < 1.29 is 4.79 Å². The molecule has 0 spiro atoms. The van der Waals surface area contributed by atoms with E-state index in [0.717, 1.165) is 29.9 Å². The zero-order valence-electron chi connectivity index (χ0n) is 10.9. The lowest BCUT2D eigenvalue weighted by molar-refractivity contribution is 0.0955. The molecule has 0 fully saturated rings. The fraction of sp³-hybridized carbons (Fsp3) is 0.250. The Kier molecular flexibility index (Phi) is 3.03. The number of rotatable bonds is 2. The normalized spacial score (nSPS) is 17.4. The molecule has 96 valence electrons. The molecule has 2 heterocycles. The van der Waals surface area contributed by atoms with Crippen molar-refractivity contribution in [3.05, 3.63) is 59.4 Å². The van der Waals surface area contributed by atoms with Crippen LogP contribution in [0.2, 0.25) is 0 Å². The van der Waals surface area contributed by atoms with Gasteiger partial charge >= 0.3 is 0 Å². The molecule has 1 atom stereocenters. The molecule has 1 aromatic carbocycles. The third kappa shape index (κ3) is 2.24. The number of hydrogen-bond acceptors (Lipinski definition) is 3. The maximum Gasteiger partial charge on any atom is 0.172 e. The number of para-hydroxylation sites is 1. The second-order valence-electron chi connectivity index (χ2n) is 4.91. The summed E-state index contributed by atoms with van der Waals surface area (Å²) in [5, 5.41) is 3.34. The number of carbonyl (C=O) groups excluding carboxylic acids is 1. The van der Waals surface area contributed by atoms with Gasteiger partial charge in [0.15, 0.2) is 5.78 Å². The number of hydrogen-bond donors (Lipinski definition) is 1. The average molecular weight is 252 g/mol. The van der Waals surface area contributed by atoms with Crippen LogP contribution in [0.4, 0.5) is 5.69 Å². The summed E-state index contributed by atoms with van der Waals surface area (Å²) in [6.45, 7) is 2.76. The second kappa shape index (κ2) is 4.84. The first-order valence-electron chi connectivity index (χ1n) is 6.55. The van der Waals surface area contributed by atoms with Crippen molar-refractivity contribution in [1.82, 2.24) is 4.98 Å². The van der Waals surface area contributed by atoms with Crippen LogP contribution in [-0.4, -0.2) is 17.3 Å². The molecule has 1 aliphatic rings. The van der Waals surface area contributed by atoms with E-state index in [9.17, 15) is 4.79 Å². The molecule has 0 aliphatic carbocycles. The third-order valence-corrected chi connectivity index (χ3v) is 3.60. The fourth-order valence-corrected chi connectivity index (χ4v) is 2.56. The van der Waals surface area contributed by atoms with Crippen LogP contribution in [-0.2, 0) is 0 Å². The predicted octanol–water partition coefficient (Wildman–Crippen LogP) is 3.17. The average Bonchev–Trinajstić information content (AvgIpc) is 2.47. The lowest BCUT2D eigenvalue weighted by atomic mass is 9.85. The molecule has 3 rings (SSSR count). The monoisotopic (exact) mass is 252 g/mol. The highest BCUT2D eigenvalue weighted by Crippen LogP contribution is 2.33. The van der Waals surface area contributed by atoms with Crippen molar-refractivity contribution in [3.63, 3.8) is 0 Å². The quantitative estimate of drug-likeness (QED) is 0.835. The molecule has 3 heteroatoms. The van der Waals surface area contributed by atoms with Crippen LogP contribution < -0.4 is 5.32 Å². The van der Waals surface area contributed by atoms with Gasteiger partial charge in [-0.25, -0.2) is 0 Å². The van der Waals surface area contributed by atoms with Crippen molar-refractivity contribution in [3.8, 4) is 0 Å². The van der Waals surface area contributed by atoms with Crippen LogP contribution in [0.3, 0.4) is 0 Å². The molecular formula is C16H16N2O. The summed E-state index contributed by atoms with van der Waals surface area (Å²) >= 11 is 0. The SMILES string of the molecule is Cc1ccc(C(=O)C2CCNc3ccccc32)cn1. The van der Waals surface area contributed by atoms with Gasteiger partial charge in [0, 0.05) is 29.7 Å². The Bertz CT molecular complexity index is 604. The Labute approximate surface area is 112 Å². The number of carbonyl (C=O) groups is 1. The van der Waals surface area contributed by atoms with E-state index < -0.39 is 0 Å². The van der Waals surface area contributed by atoms with Crippen LogP contribution >= 0.6 is 0 Å². The van der Waals surface area contributed by atoms with E-state index in [1.165, 1.54) is 0 Å². The van der Waals surface area contributed by atoms with Gasteiger partial charge in [0.2, 0.25) is 0 Å². The fourth-order valence-electron chi connectivity index (χ4n) is 2.56. The van der Waals surface area contributed by atoms with Crippen LogP contribution in [0.25, 0.3) is 0 Å². The summed E-state index contributed by atoms with van der Waals surface area (Å²) < 4.78 is 0. The summed E-state index contributed by atoms with van der Waals surface area (Å²) in [6, 6.07) is 11.8. The number of anilines is 1. The molecule has 2 aromatic rings. The van der Waals surface area contributed by atoms with Crippen molar-refractivity contribution in [2.24, 2.45) is 0 Å². The minimum atomic E-state index is -0.0537. The van der Waals surface area contributed by atoms with Gasteiger partial charge in [0.25, 0.3) is 0 Å². The summed E-state index contributed by atoms with van der Waals surface area (Å²) in [4.78, 5) is 16.8. The largest absolute Gasteiger partial charge is 0.385 e. The Morgan fingerprint density at radius 1 is 1.26 bits per heavy atom. The van der Waals surface area contributed by atoms with E-state index in [0.29, 0.717) is 5.56 Å². The molecule has 0 bridgehead atoms. The zero-order chi connectivity index (χ0) is 13.2. The maximum atomic E-state index is 12.6. The number of fused-ring (bicyclic) bond motifs is 1. The Morgan fingerprint density at radius 2 is 2.11 bits per heavy atom. The number of nitrogens with zero attached hydrogens (tertiary/aromatic N) is 1. The summed E-state index contributed by atoms with van der Waals surface area (Å²) in [5.41, 5.74) is 3.81. The molecule has 1 aliphatic heterocycles. The second-order valence-corrected chi connectivity index (χ2v) is 4.91. The number of benzene rings is 1. The highest BCUT2D eigenvalue weighted by molar-refractivity contribution is 6.01. The molecule has 19 heavy (non-hydrogen) atoms. The molecule has 0 saturated carbocycles. The first kappa shape index (κ1) is 11.9. The molecular weight excluding hydrogens is 236 g/mol. The molecule has 1 aromatic heterocycles. The minimum Gasteiger partial charge on any atom is -0.385 e. The highest BCUT2D eigenvalue weighted by Gasteiger charge is 2.26. The van der Waals surface area contributed by atoms with Gasteiger partial charge in [0.05, 0.1) is 5.92 Å². The van der Waals surface area contributed by atoms with Gasteiger partial charge in [-0.2, -0.15) is 0 Å². The lowest BCUT2D eigenvalue weighted by Gasteiger charge is -2.25. The number of pyridine rings is 1. The van der Waals surface area contributed by atoms with Crippen LogP contribution in [0.5, 0.6) is 0 Å². The van der Waals surface area contributed by atoms with E-state index >= 15 is 0 Å². The Morgan fingerprint density at radius 3 is 2.89 bits per heavy atom. The molecule has 1 unspecified atom stereocenters. The van der Waals surface area contributed by atoms with Gasteiger partial charge in [0.1, 0.15) is 0 Å². The van der Waals surface area contributed by atoms with Gasteiger partial charge in [-0.3, -0.25) is 9.78 Å². The molecule has 0 amide bonds. The Balaban J connectivity index is 1.95. The minimum absolute atomic E-state index is 0.0537. The highest BCUT2D eigenvalue weighted by atomic mass is 16.1. The third-order valence-electron chi connectivity index (χ3n) is 3.60. The van der Waals surface area contributed by atoms with Gasteiger partial charge in [-0.1, -0.05) is 18.2 Å². The van der Waals surface area contributed by atoms with Gasteiger partial charge in [-0.05, 0) is 37.1 Å².